The van der Waals surface area contributed by atoms with Gasteiger partial charge in [0.25, 0.3) is 0 Å². The first-order chi connectivity index (χ1) is 9.72. The number of benzene rings is 1. The van der Waals surface area contributed by atoms with Crippen LogP contribution in [0.3, 0.4) is 0 Å². The minimum absolute atomic E-state index is 0.0332. The average molecular weight is 276 g/mol. The second kappa shape index (κ2) is 5.34. The summed E-state index contributed by atoms with van der Waals surface area (Å²) in [6.45, 7) is 1.40. The number of ether oxygens (including phenoxy) is 4. The van der Waals surface area contributed by atoms with Crippen molar-refractivity contribution in [2.75, 3.05) is 19.8 Å². The van der Waals surface area contributed by atoms with E-state index in [1.807, 2.05) is 0 Å². The van der Waals surface area contributed by atoms with E-state index in [2.05, 4.69) is 0 Å². The Hall–Kier alpha value is -2.34. The van der Waals surface area contributed by atoms with Crippen LogP contribution in [0.25, 0.3) is 0 Å². The topological polar surface area (TPSA) is 77.7 Å². The Balaban J connectivity index is 1.56. The molecule has 0 saturated carbocycles. The molecule has 1 unspecified atom stereocenters. The minimum atomic E-state index is -0.501. The van der Waals surface area contributed by atoms with Crippen LogP contribution < -0.4 is 0 Å². The van der Waals surface area contributed by atoms with Crippen LogP contribution in [0.2, 0.25) is 0 Å². The van der Waals surface area contributed by atoms with Crippen molar-refractivity contribution in [3.8, 4) is 0 Å². The molecule has 2 aliphatic rings. The van der Waals surface area contributed by atoms with Gasteiger partial charge in [-0.25, -0.2) is 9.59 Å². The van der Waals surface area contributed by atoms with E-state index < -0.39 is 11.9 Å². The third-order valence-electron chi connectivity index (χ3n) is 2.77. The molecule has 6 nitrogen and oxygen atoms in total. The molecule has 0 N–H and O–H groups in total. The van der Waals surface area contributed by atoms with Crippen LogP contribution in [0.15, 0.2) is 36.3 Å². The summed E-state index contributed by atoms with van der Waals surface area (Å²) in [4.78, 5) is 23.3. The normalized spacial score (nSPS) is 21.0. The number of esters is 2. The first-order valence-corrected chi connectivity index (χ1v) is 6.14. The maximum absolute atomic E-state index is 11.7. The van der Waals surface area contributed by atoms with Gasteiger partial charge in [-0.05, 0) is 24.3 Å². The van der Waals surface area contributed by atoms with Gasteiger partial charge in [-0.15, -0.1) is 0 Å². The summed E-state index contributed by atoms with van der Waals surface area (Å²) in [6.07, 6.45) is 1.31. The van der Waals surface area contributed by atoms with Crippen molar-refractivity contribution in [3.63, 3.8) is 0 Å². The van der Waals surface area contributed by atoms with Gasteiger partial charge >= 0.3 is 11.9 Å². The number of carbonyl (C=O) groups excluding carboxylic acids is 2. The molecule has 1 aromatic carbocycles. The molecule has 0 aliphatic carbocycles. The van der Waals surface area contributed by atoms with Crippen molar-refractivity contribution < 1.29 is 28.5 Å². The van der Waals surface area contributed by atoms with Crippen molar-refractivity contribution in [1.29, 1.82) is 0 Å². The third kappa shape index (κ3) is 3.36. The van der Waals surface area contributed by atoms with Crippen molar-refractivity contribution >= 4 is 11.9 Å². The molecule has 6 heteroatoms. The highest BCUT2D eigenvalue weighted by molar-refractivity contribution is 5.93. The zero-order valence-corrected chi connectivity index (χ0v) is 10.5. The highest BCUT2D eigenvalue weighted by Crippen LogP contribution is 2.15. The van der Waals surface area contributed by atoms with E-state index in [0.717, 1.165) is 0 Å². The number of hydrogen-bond acceptors (Lipinski definition) is 6. The predicted octanol–water partition coefficient (Wildman–Crippen LogP) is 1.27. The average Bonchev–Trinajstić information content (AvgIpc) is 3.37. The van der Waals surface area contributed by atoms with E-state index in [0.29, 0.717) is 30.1 Å². The number of carbonyl (C=O) groups is 2. The van der Waals surface area contributed by atoms with Gasteiger partial charge in [-0.3, -0.25) is 0 Å². The molecule has 3 rings (SSSR count). The molecule has 0 aromatic heterocycles. The van der Waals surface area contributed by atoms with Gasteiger partial charge in [0.15, 0.2) is 5.76 Å². The van der Waals surface area contributed by atoms with E-state index in [9.17, 15) is 9.59 Å². The van der Waals surface area contributed by atoms with Gasteiger partial charge in [-0.1, -0.05) is 0 Å². The summed E-state index contributed by atoms with van der Waals surface area (Å²) in [6, 6.07) is 6.07. The fourth-order valence-electron chi connectivity index (χ4n) is 1.46. The van der Waals surface area contributed by atoms with Crippen molar-refractivity contribution in [2.45, 2.75) is 6.10 Å². The highest BCUT2D eigenvalue weighted by atomic mass is 16.6. The molecule has 1 aromatic rings. The third-order valence-corrected chi connectivity index (χ3v) is 2.77. The zero-order chi connectivity index (χ0) is 13.9. The van der Waals surface area contributed by atoms with Crippen molar-refractivity contribution in [2.24, 2.45) is 0 Å². The van der Waals surface area contributed by atoms with E-state index >= 15 is 0 Å². The molecule has 2 fully saturated rings. The summed E-state index contributed by atoms with van der Waals surface area (Å²) in [5.41, 5.74) is 0.732. The molecule has 104 valence electrons. The van der Waals surface area contributed by atoms with Crippen LogP contribution in [0, 0.1) is 0 Å². The first-order valence-electron chi connectivity index (χ1n) is 6.14. The van der Waals surface area contributed by atoms with E-state index in [1.165, 1.54) is 30.5 Å². The molecular weight excluding hydrogens is 264 g/mol. The molecular formula is C14H12O6. The van der Waals surface area contributed by atoms with Crippen LogP contribution in [0.5, 0.6) is 0 Å². The van der Waals surface area contributed by atoms with Crippen LogP contribution in [0.4, 0.5) is 0 Å². The SMILES string of the molecule is O=C(O/C=C1/CO1)c1ccc(C(=O)OCC2CO2)cc1. The smallest absolute Gasteiger partial charge is 0.343 e. The molecule has 0 bridgehead atoms. The Kier molecular flexibility index (Phi) is 3.39. The lowest BCUT2D eigenvalue weighted by Crippen LogP contribution is -2.10. The highest BCUT2D eigenvalue weighted by Gasteiger charge is 2.24. The van der Waals surface area contributed by atoms with Gasteiger partial charge in [0.2, 0.25) is 0 Å². The van der Waals surface area contributed by atoms with Crippen molar-refractivity contribution in [1.82, 2.24) is 0 Å². The van der Waals surface area contributed by atoms with E-state index in [1.54, 1.807) is 0 Å². The molecule has 0 radical (unpaired) electrons. The van der Waals surface area contributed by atoms with E-state index in [4.69, 9.17) is 18.9 Å². The van der Waals surface area contributed by atoms with Gasteiger partial charge in [0, 0.05) is 0 Å². The van der Waals surface area contributed by atoms with Gasteiger partial charge in [0.1, 0.15) is 25.6 Å². The van der Waals surface area contributed by atoms with Gasteiger partial charge in [-0.2, -0.15) is 0 Å². The van der Waals surface area contributed by atoms with Crippen LogP contribution in [0.1, 0.15) is 20.7 Å². The molecule has 20 heavy (non-hydrogen) atoms. The lowest BCUT2D eigenvalue weighted by Gasteiger charge is -2.03. The summed E-state index contributed by atoms with van der Waals surface area (Å²) in [7, 11) is 0. The predicted molar refractivity (Wildman–Crippen MR) is 65.9 cm³/mol. The minimum Gasteiger partial charge on any atom is -0.483 e. The Bertz CT molecular complexity index is 550. The van der Waals surface area contributed by atoms with Crippen LogP contribution in [-0.2, 0) is 18.9 Å². The van der Waals surface area contributed by atoms with Crippen LogP contribution >= 0.6 is 0 Å². The zero-order valence-electron chi connectivity index (χ0n) is 10.5. The molecule has 0 amide bonds. The van der Waals surface area contributed by atoms with Crippen LogP contribution in [-0.4, -0.2) is 37.9 Å². The lowest BCUT2D eigenvalue weighted by atomic mass is 10.1. The summed E-state index contributed by atoms with van der Waals surface area (Å²) >= 11 is 0. The lowest BCUT2D eigenvalue weighted by molar-refractivity contribution is 0.0475. The standard InChI is InChI=1S/C14H12O6/c15-13(19-7-11-5-17-11)9-1-2-10(4-3-9)14(16)20-8-12-6-18-12/h1-4,7,12H,5-6,8H2/b11-7-. The fourth-order valence-corrected chi connectivity index (χ4v) is 1.46. The molecule has 1 atom stereocenters. The molecule has 2 saturated heterocycles. The van der Waals surface area contributed by atoms with Crippen molar-refractivity contribution in [3.05, 3.63) is 47.4 Å². The fraction of sp³-hybridized carbons (Fsp3) is 0.286. The Morgan fingerprint density at radius 3 is 2.35 bits per heavy atom. The molecule has 0 spiro atoms. The monoisotopic (exact) mass is 276 g/mol. The Morgan fingerprint density at radius 2 is 1.80 bits per heavy atom. The van der Waals surface area contributed by atoms with Gasteiger partial charge in [0.05, 0.1) is 17.7 Å². The van der Waals surface area contributed by atoms with E-state index in [-0.39, 0.29) is 12.7 Å². The first kappa shape index (κ1) is 12.7. The maximum Gasteiger partial charge on any atom is 0.343 e. The summed E-state index contributed by atoms with van der Waals surface area (Å²) < 4.78 is 19.7. The Labute approximate surface area is 114 Å². The number of rotatable bonds is 5. The second-order valence-electron chi connectivity index (χ2n) is 4.41. The summed E-state index contributed by atoms with van der Waals surface area (Å²) in [5.74, 6) is -0.297. The number of epoxide rings is 2. The quantitative estimate of drug-likeness (QED) is 0.458. The molecule has 2 aliphatic heterocycles. The second-order valence-corrected chi connectivity index (χ2v) is 4.41. The molecule has 2 heterocycles. The maximum atomic E-state index is 11.7. The summed E-state index contributed by atoms with van der Waals surface area (Å²) in [5, 5.41) is 0. The largest absolute Gasteiger partial charge is 0.483 e. The van der Waals surface area contributed by atoms with Gasteiger partial charge < -0.3 is 18.9 Å². The number of hydrogen-bond donors (Lipinski definition) is 0. The Morgan fingerprint density at radius 1 is 1.20 bits per heavy atom.